The van der Waals surface area contributed by atoms with Gasteiger partial charge in [-0.3, -0.25) is 24.4 Å². The lowest BCUT2D eigenvalue weighted by atomic mass is 9.92. The number of carbonyl (C=O) groups is 4. The largest absolute Gasteiger partial charge is 0.455 e. The molecule has 0 bridgehead atoms. The van der Waals surface area contributed by atoms with Gasteiger partial charge in [-0.15, -0.1) is 0 Å². The molecule has 1 heterocycles. The van der Waals surface area contributed by atoms with Gasteiger partial charge in [0.15, 0.2) is 5.75 Å². The van der Waals surface area contributed by atoms with Gasteiger partial charge in [-0.2, -0.15) is 0 Å². The molecule has 13 heteroatoms. The lowest BCUT2D eigenvalue weighted by molar-refractivity contribution is -0.140. The SMILES string of the molecule is CN1CCCCCC[C@@H]2C[C@@]2(C(=O)NS(=O)(=O)C2CC2)NC(=O)[C@@H]2C[C@@H](OC(=O)Nc3ccccc3Oc3ccccc3)C[C@H]2C1=O. The van der Waals surface area contributed by atoms with Crippen LogP contribution in [-0.2, 0) is 29.1 Å². The van der Waals surface area contributed by atoms with Gasteiger partial charge in [0.25, 0.3) is 5.91 Å². The molecule has 4 amide bonds. The standard InChI is InChI=1S/C34H42N4O8S/c1-38-18-10-3-2-5-11-22-21-34(22,32(41)37-47(43,44)25-16-17-25)36-30(39)26-19-24(20-27(26)31(38)40)46-33(42)35-28-14-8-9-15-29(28)45-23-12-6-4-7-13-23/h4,6-9,12-15,22,24-27H,2-3,5,10-11,16-21H2,1H3,(H,35,42)(H,36,39)(H,37,41)/t22-,24-,26-,27-,34-/m1/s1. The number of carbonyl (C=O) groups excluding carboxylic acids is 4. The lowest BCUT2D eigenvalue weighted by Crippen LogP contribution is -2.54. The third-order valence-corrected chi connectivity index (χ3v) is 11.6. The molecule has 0 spiro atoms. The fourth-order valence-corrected chi connectivity index (χ4v) is 8.23. The van der Waals surface area contributed by atoms with Crippen LogP contribution in [0.25, 0.3) is 0 Å². The summed E-state index contributed by atoms with van der Waals surface area (Å²) in [4.78, 5) is 55.8. The number of ether oxygens (including phenoxy) is 2. The molecular formula is C34H42N4O8S. The van der Waals surface area contributed by atoms with Crippen molar-refractivity contribution in [3.05, 3.63) is 54.6 Å². The number of hydrogen-bond donors (Lipinski definition) is 3. The van der Waals surface area contributed by atoms with E-state index in [0.717, 1.165) is 25.7 Å². The molecule has 3 aliphatic carbocycles. The van der Waals surface area contributed by atoms with Crippen LogP contribution in [0.4, 0.5) is 10.5 Å². The molecule has 3 saturated carbocycles. The van der Waals surface area contributed by atoms with Crippen LogP contribution < -0.4 is 20.1 Å². The van der Waals surface area contributed by atoms with Crippen LogP contribution in [0.15, 0.2) is 54.6 Å². The van der Waals surface area contributed by atoms with Crippen molar-refractivity contribution in [2.45, 2.75) is 81.1 Å². The van der Waals surface area contributed by atoms with Gasteiger partial charge in [0, 0.05) is 13.6 Å². The summed E-state index contributed by atoms with van der Waals surface area (Å²) in [7, 11) is -2.10. The van der Waals surface area contributed by atoms with E-state index in [4.69, 9.17) is 9.47 Å². The fraction of sp³-hybridized carbons (Fsp3) is 0.529. The van der Waals surface area contributed by atoms with Gasteiger partial charge in [-0.05, 0) is 75.1 Å². The molecule has 0 radical (unpaired) electrons. The first kappa shape index (κ1) is 32.8. The minimum Gasteiger partial charge on any atom is -0.455 e. The Balaban J connectivity index is 1.17. The Bertz CT molecular complexity index is 1610. The van der Waals surface area contributed by atoms with Crippen LogP contribution in [-0.4, -0.2) is 67.6 Å². The van der Waals surface area contributed by atoms with Crippen LogP contribution in [0.2, 0.25) is 0 Å². The number of nitrogens with zero attached hydrogens (tertiary/aromatic N) is 1. The lowest BCUT2D eigenvalue weighted by Gasteiger charge is -2.27. The topological polar surface area (TPSA) is 160 Å². The quantitative estimate of drug-likeness (QED) is 0.394. The summed E-state index contributed by atoms with van der Waals surface area (Å²) < 4.78 is 39.2. The highest BCUT2D eigenvalue weighted by molar-refractivity contribution is 7.91. The van der Waals surface area contributed by atoms with Gasteiger partial charge in [-0.1, -0.05) is 49.6 Å². The number of sulfonamides is 1. The van der Waals surface area contributed by atoms with Crippen LogP contribution in [0.3, 0.4) is 0 Å². The monoisotopic (exact) mass is 666 g/mol. The van der Waals surface area contributed by atoms with Gasteiger partial charge in [0.1, 0.15) is 17.4 Å². The Hall–Kier alpha value is -4.13. The molecule has 2 aromatic rings. The Morgan fingerprint density at radius 2 is 1.62 bits per heavy atom. The van der Waals surface area contributed by atoms with Crippen molar-refractivity contribution in [1.82, 2.24) is 14.9 Å². The van der Waals surface area contributed by atoms with Crippen molar-refractivity contribution in [1.29, 1.82) is 0 Å². The van der Waals surface area contributed by atoms with E-state index in [1.807, 2.05) is 18.2 Å². The number of anilines is 1. The van der Waals surface area contributed by atoms with E-state index in [1.165, 1.54) is 0 Å². The van der Waals surface area contributed by atoms with Crippen LogP contribution >= 0.6 is 0 Å². The number of fused-ring (bicyclic) bond motifs is 2. The molecule has 252 valence electrons. The fourth-order valence-electron chi connectivity index (χ4n) is 6.86. The average Bonchev–Trinajstić information content (AvgIpc) is 3.97. The smallest absolute Gasteiger partial charge is 0.412 e. The summed E-state index contributed by atoms with van der Waals surface area (Å²) in [5, 5.41) is 5.04. The molecule has 1 saturated heterocycles. The van der Waals surface area contributed by atoms with Crippen molar-refractivity contribution in [3.8, 4) is 11.5 Å². The normalized spacial score (nSPS) is 28.1. The molecule has 2 aromatic carbocycles. The number of amides is 4. The summed E-state index contributed by atoms with van der Waals surface area (Å²) in [6.45, 7) is 0.544. The minimum atomic E-state index is -3.81. The summed E-state index contributed by atoms with van der Waals surface area (Å²) in [6, 6.07) is 16.0. The zero-order chi connectivity index (χ0) is 33.2. The van der Waals surface area contributed by atoms with Crippen LogP contribution in [0.5, 0.6) is 11.5 Å². The number of hydrogen-bond acceptors (Lipinski definition) is 8. The predicted octanol–water partition coefficient (Wildman–Crippen LogP) is 4.33. The van der Waals surface area contributed by atoms with Crippen LogP contribution in [0.1, 0.15) is 64.2 Å². The molecule has 3 N–H and O–H groups in total. The van der Waals surface area contributed by atoms with Crippen molar-refractivity contribution in [2.24, 2.45) is 17.8 Å². The first-order chi connectivity index (χ1) is 22.6. The second kappa shape index (κ2) is 13.5. The molecule has 6 rings (SSSR count). The Kier molecular flexibility index (Phi) is 9.45. The maximum absolute atomic E-state index is 13.9. The van der Waals surface area contributed by atoms with Crippen LogP contribution in [0, 0.1) is 17.8 Å². The third kappa shape index (κ3) is 7.55. The number of benzene rings is 2. The highest BCUT2D eigenvalue weighted by Crippen LogP contribution is 2.49. The molecule has 47 heavy (non-hydrogen) atoms. The molecule has 5 atom stereocenters. The van der Waals surface area contributed by atoms with E-state index in [1.54, 1.807) is 48.3 Å². The molecule has 0 aromatic heterocycles. The molecule has 12 nitrogen and oxygen atoms in total. The first-order valence-corrected chi connectivity index (χ1v) is 18.0. The van der Waals surface area contributed by atoms with Crippen molar-refractivity contribution >= 4 is 39.5 Å². The average molecular weight is 667 g/mol. The summed E-state index contributed by atoms with van der Waals surface area (Å²) >= 11 is 0. The van der Waals surface area contributed by atoms with E-state index in [2.05, 4.69) is 15.4 Å². The van der Waals surface area contributed by atoms with E-state index in [9.17, 15) is 27.6 Å². The summed E-state index contributed by atoms with van der Waals surface area (Å²) in [5.41, 5.74) is -0.957. The van der Waals surface area contributed by atoms with Gasteiger partial charge >= 0.3 is 6.09 Å². The molecular weight excluding hydrogens is 624 g/mol. The number of rotatable bonds is 7. The van der Waals surface area contributed by atoms with E-state index >= 15 is 0 Å². The highest BCUT2D eigenvalue weighted by Gasteiger charge is 2.62. The molecule has 4 aliphatic rings. The van der Waals surface area contributed by atoms with E-state index in [0.29, 0.717) is 49.4 Å². The maximum Gasteiger partial charge on any atom is 0.412 e. The Morgan fingerprint density at radius 3 is 2.38 bits per heavy atom. The summed E-state index contributed by atoms with van der Waals surface area (Å²) in [6.07, 6.45) is 4.18. The zero-order valence-electron chi connectivity index (χ0n) is 26.5. The first-order valence-electron chi connectivity index (χ1n) is 16.5. The Labute approximate surface area is 275 Å². The zero-order valence-corrected chi connectivity index (χ0v) is 27.3. The van der Waals surface area contributed by atoms with Gasteiger partial charge < -0.3 is 19.7 Å². The second-order valence-electron chi connectivity index (χ2n) is 13.2. The molecule has 0 unspecified atom stereocenters. The number of para-hydroxylation sites is 3. The van der Waals surface area contributed by atoms with E-state index < -0.39 is 56.7 Å². The molecule has 1 aliphatic heterocycles. The van der Waals surface area contributed by atoms with Gasteiger partial charge in [-0.25, -0.2) is 13.2 Å². The van der Waals surface area contributed by atoms with Crippen molar-refractivity contribution in [3.63, 3.8) is 0 Å². The molecule has 4 fully saturated rings. The highest BCUT2D eigenvalue weighted by atomic mass is 32.2. The summed E-state index contributed by atoms with van der Waals surface area (Å²) in [5.74, 6) is -2.28. The Morgan fingerprint density at radius 1 is 0.915 bits per heavy atom. The predicted molar refractivity (Wildman–Crippen MR) is 173 cm³/mol. The third-order valence-electron chi connectivity index (χ3n) is 9.77. The van der Waals surface area contributed by atoms with Crippen molar-refractivity contribution < 1.29 is 37.1 Å². The minimum absolute atomic E-state index is 0.0778. The van der Waals surface area contributed by atoms with Gasteiger partial charge in [0.05, 0.1) is 22.8 Å². The second-order valence-corrected chi connectivity index (χ2v) is 15.2. The number of nitrogens with one attached hydrogen (secondary N) is 3. The maximum atomic E-state index is 13.9. The van der Waals surface area contributed by atoms with Crippen molar-refractivity contribution in [2.75, 3.05) is 18.9 Å². The van der Waals surface area contributed by atoms with E-state index in [-0.39, 0.29) is 24.7 Å². The van der Waals surface area contributed by atoms with Gasteiger partial charge in [0.2, 0.25) is 21.8 Å².